The van der Waals surface area contributed by atoms with Gasteiger partial charge in [-0.1, -0.05) is 0 Å². The fraction of sp³-hybridized carbons (Fsp3) is 0.471. The summed E-state index contributed by atoms with van der Waals surface area (Å²) in [6.07, 6.45) is 5.54. The van der Waals surface area contributed by atoms with Crippen LogP contribution in [0.2, 0.25) is 0 Å². The minimum atomic E-state index is -0.205. The number of nitrogens with zero attached hydrogens (tertiary/aromatic N) is 3. The van der Waals surface area contributed by atoms with Gasteiger partial charge in [-0.15, -0.1) is 5.10 Å². The third-order valence-corrected chi connectivity index (χ3v) is 4.48. The van der Waals surface area contributed by atoms with Crippen molar-refractivity contribution in [2.75, 3.05) is 25.5 Å². The summed E-state index contributed by atoms with van der Waals surface area (Å²) in [5, 5.41) is 10.5. The van der Waals surface area contributed by atoms with Crippen LogP contribution in [0.1, 0.15) is 28.0 Å². The zero-order valence-electron chi connectivity index (χ0n) is 14.3. The van der Waals surface area contributed by atoms with E-state index in [-0.39, 0.29) is 5.91 Å². The van der Waals surface area contributed by atoms with Gasteiger partial charge in [-0.3, -0.25) is 14.5 Å². The Hall–Kier alpha value is -2.41. The molecule has 7 heteroatoms. The number of aryl methyl sites for hydroxylation is 1. The number of rotatable bonds is 5. The molecule has 0 aromatic carbocycles. The predicted octanol–water partition coefficient (Wildman–Crippen LogP) is 1.54. The first kappa shape index (κ1) is 16.4. The highest BCUT2D eigenvalue weighted by Crippen LogP contribution is 2.27. The van der Waals surface area contributed by atoms with Crippen LogP contribution in [-0.4, -0.2) is 40.9 Å². The van der Waals surface area contributed by atoms with Crippen LogP contribution in [0, 0.1) is 12.8 Å². The number of nitrogens with one attached hydrogen (secondary N) is 2. The van der Waals surface area contributed by atoms with Crippen molar-refractivity contribution >= 4 is 11.6 Å². The summed E-state index contributed by atoms with van der Waals surface area (Å²) in [4.78, 5) is 16.8. The van der Waals surface area contributed by atoms with Gasteiger partial charge in [0.25, 0.3) is 11.8 Å². The van der Waals surface area contributed by atoms with E-state index in [1.807, 2.05) is 26.2 Å². The first-order chi connectivity index (χ1) is 11.6. The van der Waals surface area contributed by atoms with E-state index in [0.717, 1.165) is 30.8 Å². The van der Waals surface area contributed by atoms with Crippen molar-refractivity contribution in [2.24, 2.45) is 13.0 Å². The van der Waals surface area contributed by atoms with Crippen molar-refractivity contribution in [1.29, 1.82) is 0 Å². The maximum absolute atomic E-state index is 12.6. The topological polar surface area (TPSA) is 81.1 Å². The van der Waals surface area contributed by atoms with E-state index in [2.05, 4.69) is 20.7 Å². The van der Waals surface area contributed by atoms with Crippen molar-refractivity contribution in [3.05, 3.63) is 35.3 Å². The van der Waals surface area contributed by atoms with Crippen LogP contribution in [0.15, 0.2) is 18.5 Å². The molecule has 0 spiro atoms. The summed E-state index contributed by atoms with van der Waals surface area (Å²) >= 11 is 0. The van der Waals surface area contributed by atoms with Crippen LogP contribution in [0.4, 0.5) is 5.69 Å². The molecule has 1 fully saturated rings. The summed E-state index contributed by atoms with van der Waals surface area (Å²) in [6, 6.07) is 1.92. The first-order valence-electron chi connectivity index (χ1n) is 8.12. The molecule has 7 nitrogen and oxygen atoms in total. The van der Waals surface area contributed by atoms with Gasteiger partial charge in [-0.05, 0) is 50.4 Å². The Morgan fingerprint density at radius 1 is 1.50 bits per heavy atom. The average molecular weight is 329 g/mol. The zero-order chi connectivity index (χ0) is 17.1. The molecule has 1 amide bonds. The van der Waals surface area contributed by atoms with E-state index in [1.165, 1.54) is 13.5 Å². The number of hydrogen-bond donors (Lipinski definition) is 2. The van der Waals surface area contributed by atoms with E-state index in [4.69, 9.17) is 4.74 Å². The van der Waals surface area contributed by atoms with E-state index in [9.17, 15) is 4.79 Å². The molecule has 0 bridgehead atoms. The smallest absolute Gasteiger partial charge is 0.257 e. The van der Waals surface area contributed by atoms with Crippen molar-refractivity contribution in [3.63, 3.8) is 0 Å². The second kappa shape index (κ2) is 7.00. The molecule has 0 aliphatic carbocycles. The van der Waals surface area contributed by atoms with Crippen molar-refractivity contribution in [1.82, 2.24) is 20.1 Å². The Morgan fingerprint density at radius 3 is 3.04 bits per heavy atom. The lowest BCUT2D eigenvalue weighted by atomic mass is 9.99. The SMILES string of the molecule is COc1nn(C)c(C)c1NC(=O)c1cncc(CC2CCNC2)c1. The van der Waals surface area contributed by atoms with Gasteiger partial charge in [-0.25, -0.2) is 0 Å². The van der Waals surface area contributed by atoms with Crippen LogP contribution in [-0.2, 0) is 13.5 Å². The average Bonchev–Trinajstić information content (AvgIpc) is 3.18. The van der Waals surface area contributed by atoms with Gasteiger partial charge >= 0.3 is 0 Å². The van der Waals surface area contributed by atoms with Crippen molar-refractivity contribution in [3.8, 4) is 5.88 Å². The van der Waals surface area contributed by atoms with Crippen molar-refractivity contribution < 1.29 is 9.53 Å². The minimum Gasteiger partial charge on any atom is -0.478 e. The molecule has 2 N–H and O–H groups in total. The van der Waals surface area contributed by atoms with E-state index < -0.39 is 0 Å². The Morgan fingerprint density at radius 2 is 2.33 bits per heavy atom. The Balaban J connectivity index is 1.75. The standard InChI is InChI=1S/C17H23N5O2/c1-11-15(17(24-3)21-22(11)2)20-16(23)14-7-13(9-19-10-14)6-12-4-5-18-8-12/h7,9-10,12,18H,4-6,8H2,1-3H3,(H,20,23). The van der Waals surface area contributed by atoms with E-state index >= 15 is 0 Å². The summed E-state index contributed by atoms with van der Waals surface area (Å²) in [6.45, 7) is 3.98. The quantitative estimate of drug-likeness (QED) is 0.869. The summed E-state index contributed by atoms with van der Waals surface area (Å²) in [7, 11) is 3.35. The van der Waals surface area contributed by atoms with Crippen LogP contribution in [0.25, 0.3) is 0 Å². The number of aromatic nitrogens is 3. The maximum Gasteiger partial charge on any atom is 0.257 e. The number of carbonyl (C=O) groups excluding carboxylic acids is 1. The normalized spacial score (nSPS) is 17.0. The summed E-state index contributed by atoms with van der Waals surface area (Å²) in [5.74, 6) is 0.818. The molecule has 24 heavy (non-hydrogen) atoms. The second-order valence-corrected chi connectivity index (χ2v) is 6.19. The molecule has 1 aliphatic rings. The van der Waals surface area contributed by atoms with Gasteiger partial charge in [0.2, 0.25) is 0 Å². The molecular formula is C17H23N5O2. The van der Waals surface area contributed by atoms with Gasteiger partial charge < -0.3 is 15.4 Å². The molecule has 1 aliphatic heterocycles. The minimum absolute atomic E-state index is 0.205. The molecule has 0 radical (unpaired) electrons. The largest absolute Gasteiger partial charge is 0.478 e. The molecular weight excluding hydrogens is 306 g/mol. The Labute approximate surface area is 141 Å². The molecule has 0 saturated carbocycles. The number of anilines is 1. The lowest BCUT2D eigenvalue weighted by Gasteiger charge is -2.10. The van der Waals surface area contributed by atoms with Crippen LogP contribution >= 0.6 is 0 Å². The van der Waals surface area contributed by atoms with Gasteiger partial charge in [0.15, 0.2) is 0 Å². The highest BCUT2D eigenvalue weighted by molar-refractivity contribution is 6.05. The van der Waals surface area contributed by atoms with Gasteiger partial charge in [0.05, 0.1) is 18.4 Å². The fourth-order valence-electron chi connectivity index (χ4n) is 3.00. The highest BCUT2D eigenvalue weighted by Gasteiger charge is 2.19. The highest BCUT2D eigenvalue weighted by atomic mass is 16.5. The molecule has 3 heterocycles. The van der Waals surface area contributed by atoms with Gasteiger partial charge in [-0.2, -0.15) is 0 Å². The lowest BCUT2D eigenvalue weighted by molar-refractivity contribution is 0.102. The second-order valence-electron chi connectivity index (χ2n) is 6.19. The maximum atomic E-state index is 12.6. The first-order valence-corrected chi connectivity index (χ1v) is 8.12. The molecule has 1 atom stereocenters. The fourth-order valence-corrected chi connectivity index (χ4v) is 3.00. The number of pyridine rings is 1. The third-order valence-electron chi connectivity index (χ3n) is 4.48. The number of amides is 1. The number of carbonyl (C=O) groups is 1. The molecule has 2 aromatic rings. The molecule has 1 saturated heterocycles. The van der Waals surface area contributed by atoms with Gasteiger partial charge in [0, 0.05) is 19.4 Å². The molecule has 1 unspecified atom stereocenters. The van der Waals surface area contributed by atoms with Crippen LogP contribution < -0.4 is 15.4 Å². The lowest BCUT2D eigenvalue weighted by Crippen LogP contribution is -2.15. The monoisotopic (exact) mass is 329 g/mol. The van der Waals surface area contributed by atoms with Crippen LogP contribution in [0.3, 0.4) is 0 Å². The third kappa shape index (κ3) is 3.41. The molecule has 128 valence electrons. The van der Waals surface area contributed by atoms with E-state index in [1.54, 1.807) is 10.9 Å². The predicted molar refractivity (Wildman–Crippen MR) is 91.4 cm³/mol. The number of ether oxygens (including phenoxy) is 1. The van der Waals surface area contributed by atoms with E-state index in [0.29, 0.717) is 23.0 Å². The number of methoxy groups -OCH3 is 1. The Kier molecular flexibility index (Phi) is 4.80. The van der Waals surface area contributed by atoms with Crippen molar-refractivity contribution in [2.45, 2.75) is 19.8 Å². The molecule has 3 rings (SSSR count). The summed E-state index contributed by atoms with van der Waals surface area (Å²) in [5.41, 5.74) is 3.06. The Bertz CT molecular complexity index is 735. The zero-order valence-corrected chi connectivity index (χ0v) is 14.3. The van der Waals surface area contributed by atoms with Gasteiger partial charge in [0.1, 0.15) is 5.69 Å². The number of hydrogen-bond acceptors (Lipinski definition) is 5. The molecule has 2 aromatic heterocycles. The van der Waals surface area contributed by atoms with Crippen LogP contribution in [0.5, 0.6) is 5.88 Å². The summed E-state index contributed by atoms with van der Waals surface area (Å²) < 4.78 is 6.90.